The third-order valence-corrected chi connectivity index (χ3v) is 2.88. The van der Waals surface area contributed by atoms with Crippen LogP contribution in [0.3, 0.4) is 0 Å². The van der Waals surface area contributed by atoms with Gasteiger partial charge >= 0.3 is 0 Å². The molecule has 2 aromatic rings. The fourth-order valence-electron chi connectivity index (χ4n) is 1.42. The van der Waals surface area contributed by atoms with Gasteiger partial charge in [0.2, 0.25) is 5.13 Å². The van der Waals surface area contributed by atoms with Gasteiger partial charge in [-0.05, 0) is 18.6 Å². The fraction of sp³-hybridized carbons (Fsp3) is 0.200. The van der Waals surface area contributed by atoms with Crippen LogP contribution in [0.15, 0.2) is 18.2 Å². The smallest absolute Gasteiger partial charge is 0.203 e. The summed E-state index contributed by atoms with van der Waals surface area (Å²) < 4.78 is 5.29. The zero-order valence-corrected chi connectivity index (χ0v) is 9.34. The maximum Gasteiger partial charge on any atom is 0.203 e. The number of rotatable bonds is 2. The second-order valence-electron chi connectivity index (χ2n) is 3.10. The molecule has 5 heteroatoms. The van der Waals surface area contributed by atoms with Crippen LogP contribution in [0.2, 0.25) is 0 Å². The van der Waals surface area contributed by atoms with E-state index in [9.17, 15) is 0 Å². The minimum absolute atomic E-state index is 0.468. The van der Waals surface area contributed by atoms with E-state index < -0.39 is 0 Å². The first kappa shape index (κ1) is 9.92. The molecule has 1 heterocycles. The van der Waals surface area contributed by atoms with E-state index in [1.165, 1.54) is 11.3 Å². The molecule has 0 saturated heterocycles. The molecule has 15 heavy (non-hydrogen) atoms. The van der Waals surface area contributed by atoms with Crippen molar-refractivity contribution < 1.29 is 4.74 Å². The summed E-state index contributed by atoms with van der Waals surface area (Å²) in [5.41, 5.74) is 7.63. The molecule has 1 aromatic heterocycles. The highest BCUT2D eigenvalue weighted by Crippen LogP contribution is 2.35. The van der Waals surface area contributed by atoms with Gasteiger partial charge in [-0.25, -0.2) is 0 Å². The highest BCUT2D eigenvalue weighted by Gasteiger charge is 2.12. The summed E-state index contributed by atoms with van der Waals surface area (Å²) in [6.45, 7) is 2.01. The molecule has 2 N–H and O–H groups in total. The van der Waals surface area contributed by atoms with Crippen LogP contribution in [0.5, 0.6) is 5.75 Å². The number of aromatic nitrogens is 2. The lowest BCUT2D eigenvalue weighted by molar-refractivity contribution is 0.416. The number of benzene rings is 1. The minimum atomic E-state index is 0.468. The number of methoxy groups -OCH3 is 1. The maximum absolute atomic E-state index is 5.56. The van der Waals surface area contributed by atoms with Crippen LogP contribution >= 0.6 is 11.3 Å². The summed E-state index contributed by atoms with van der Waals surface area (Å²) in [5, 5.41) is 9.08. The van der Waals surface area contributed by atoms with Crippen LogP contribution < -0.4 is 10.5 Å². The molecule has 1 aromatic carbocycles. The quantitative estimate of drug-likeness (QED) is 0.843. The summed E-state index contributed by atoms with van der Waals surface area (Å²) in [6, 6.07) is 5.86. The van der Waals surface area contributed by atoms with E-state index in [-0.39, 0.29) is 0 Å². The van der Waals surface area contributed by atoms with Gasteiger partial charge in [-0.3, -0.25) is 0 Å². The SMILES string of the molecule is COc1cccc(C)c1-c1nnc(N)s1. The average Bonchev–Trinajstić information content (AvgIpc) is 2.64. The summed E-state index contributed by atoms with van der Waals surface area (Å²) in [4.78, 5) is 0. The monoisotopic (exact) mass is 221 g/mol. The van der Waals surface area contributed by atoms with Gasteiger partial charge in [0, 0.05) is 0 Å². The number of aryl methyl sites for hydroxylation is 1. The molecule has 0 aliphatic carbocycles. The van der Waals surface area contributed by atoms with Crippen LogP contribution in [0.4, 0.5) is 5.13 Å². The fourth-order valence-corrected chi connectivity index (χ4v) is 2.15. The van der Waals surface area contributed by atoms with Gasteiger partial charge in [-0.15, -0.1) is 10.2 Å². The lowest BCUT2D eigenvalue weighted by atomic mass is 10.1. The van der Waals surface area contributed by atoms with E-state index in [1.54, 1.807) is 7.11 Å². The summed E-state index contributed by atoms with van der Waals surface area (Å²) in [7, 11) is 1.64. The van der Waals surface area contributed by atoms with E-state index in [4.69, 9.17) is 10.5 Å². The normalized spacial score (nSPS) is 10.3. The van der Waals surface area contributed by atoms with Crippen LogP contribution in [0, 0.1) is 6.92 Å². The Hall–Kier alpha value is -1.62. The van der Waals surface area contributed by atoms with Gasteiger partial charge in [-0.1, -0.05) is 23.5 Å². The molecule has 0 fully saturated rings. The van der Waals surface area contributed by atoms with Gasteiger partial charge in [0.1, 0.15) is 5.75 Å². The van der Waals surface area contributed by atoms with Gasteiger partial charge < -0.3 is 10.5 Å². The zero-order chi connectivity index (χ0) is 10.8. The van der Waals surface area contributed by atoms with E-state index in [0.29, 0.717) is 5.13 Å². The average molecular weight is 221 g/mol. The molecule has 78 valence electrons. The van der Waals surface area contributed by atoms with Gasteiger partial charge in [0.05, 0.1) is 12.7 Å². The van der Waals surface area contributed by atoms with E-state index in [1.807, 2.05) is 25.1 Å². The first-order chi connectivity index (χ1) is 7.22. The van der Waals surface area contributed by atoms with Crippen molar-refractivity contribution in [3.05, 3.63) is 23.8 Å². The summed E-state index contributed by atoms with van der Waals surface area (Å²) in [6.07, 6.45) is 0. The molecule has 0 saturated carbocycles. The van der Waals surface area contributed by atoms with Crippen LogP contribution in [-0.4, -0.2) is 17.3 Å². The standard InChI is InChI=1S/C10H11N3OS/c1-6-4-3-5-7(14-2)8(6)9-12-13-10(11)15-9/h3-5H,1-2H3,(H2,11,13). The van der Waals surface area contributed by atoms with Crippen LogP contribution in [-0.2, 0) is 0 Å². The predicted molar refractivity (Wildman–Crippen MR) is 61.0 cm³/mol. The van der Waals surface area contributed by atoms with Crippen molar-refractivity contribution in [3.63, 3.8) is 0 Å². The third kappa shape index (κ3) is 1.78. The van der Waals surface area contributed by atoms with Crippen molar-refractivity contribution >= 4 is 16.5 Å². The molecule has 0 atom stereocenters. The van der Waals surface area contributed by atoms with Crippen molar-refractivity contribution in [1.82, 2.24) is 10.2 Å². The van der Waals surface area contributed by atoms with Gasteiger partial charge in [-0.2, -0.15) is 0 Å². The number of nitrogen functional groups attached to an aromatic ring is 1. The summed E-state index contributed by atoms with van der Waals surface area (Å²) in [5.74, 6) is 0.797. The second kappa shape index (κ2) is 3.86. The highest BCUT2D eigenvalue weighted by molar-refractivity contribution is 7.18. The molecule has 2 rings (SSSR count). The van der Waals surface area contributed by atoms with Crippen LogP contribution in [0.25, 0.3) is 10.6 Å². The number of anilines is 1. The van der Waals surface area contributed by atoms with E-state index in [2.05, 4.69) is 10.2 Å². The van der Waals surface area contributed by atoms with E-state index >= 15 is 0 Å². The number of hydrogen-bond acceptors (Lipinski definition) is 5. The number of nitrogens with two attached hydrogens (primary N) is 1. The maximum atomic E-state index is 5.56. The molecule has 0 amide bonds. The number of ether oxygens (including phenoxy) is 1. The Labute approximate surface area is 91.7 Å². The Kier molecular flexibility index (Phi) is 2.55. The summed E-state index contributed by atoms with van der Waals surface area (Å²) >= 11 is 1.36. The first-order valence-electron chi connectivity index (χ1n) is 4.45. The lowest BCUT2D eigenvalue weighted by Gasteiger charge is -2.07. The Morgan fingerprint density at radius 1 is 1.33 bits per heavy atom. The highest BCUT2D eigenvalue weighted by atomic mass is 32.1. The molecule has 0 unspecified atom stereocenters. The molecule has 0 radical (unpaired) electrons. The minimum Gasteiger partial charge on any atom is -0.496 e. The number of nitrogens with zero attached hydrogens (tertiary/aromatic N) is 2. The zero-order valence-electron chi connectivity index (χ0n) is 8.52. The largest absolute Gasteiger partial charge is 0.496 e. The topological polar surface area (TPSA) is 61.0 Å². The molecule has 0 aliphatic heterocycles. The predicted octanol–water partition coefficient (Wildman–Crippen LogP) is 2.10. The molecular formula is C10H11N3OS. The van der Waals surface area contributed by atoms with Crippen molar-refractivity contribution in [3.8, 4) is 16.3 Å². The molecule has 0 bridgehead atoms. The lowest BCUT2D eigenvalue weighted by Crippen LogP contribution is -1.90. The second-order valence-corrected chi connectivity index (χ2v) is 4.11. The molecule has 0 spiro atoms. The Bertz CT molecular complexity index is 481. The van der Waals surface area contributed by atoms with Crippen molar-refractivity contribution in [2.45, 2.75) is 6.92 Å². The van der Waals surface area contributed by atoms with Crippen LogP contribution in [0.1, 0.15) is 5.56 Å². The Morgan fingerprint density at radius 3 is 2.73 bits per heavy atom. The molecular weight excluding hydrogens is 210 g/mol. The molecule has 4 nitrogen and oxygen atoms in total. The van der Waals surface area contributed by atoms with Crippen molar-refractivity contribution in [1.29, 1.82) is 0 Å². The Morgan fingerprint density at radius 2 is 2.13 bits per heavy atom. The van der Waals surface area contributed by atoms with Crippen molar-refractivity contribution in [2.24, 2.45) is 0 Å². The molecule has 0 aliphatic rings. The first-order valence-corrected chi connectivity index (χ1v) is 5.27. The van der Waals surface area contributed by atoms with Gasteiger partial charge in [0.25, 0.3) is 0 Å². The third-order valence-electron chi connectivity index (χ3n) is 2.11. The van der Waals surface area contributed by atoms with Gasteiger partial charge in [0.15, 0.2) is 5.01 Å². The van der Waals surface area contributed by atoms with E-state index in [0.717, 1.165) is 21.9 Å². The van der Waals surface area contributed by atoms with Crippen molar-refractivity contribution in [2.75, 3.05) is 12.8 Å². The number of hydrogen-bond donors (Lipinski definition) is 1. The Balaban J connectivity index is 2.60.